The number of para-hydroxylation sites is 2. The number of benzene rings is 2. The van der Waals surface area contributed by atoms with Gasteiger partial charge in [0.05, 0.1) is 29.7 Å². The zero-order chi connectivity index (χ0) is 14.8. The SMILES string of the molecule is O=C1CCOc2ccccc2N1Cc1ccc(F)c(Br)c1. The van der Waals surface area contributed by atoms with Gasteiger partial charge in [-0.15, -0.1) is 0 Å². The molecule has 5 heteroatoms. The van der Waals surface area contributed by atoms with Gasteiger partial charge in [-0.05, 0) is 45.8 Å². The van der Waals surface area contributed by atoms with E-state index in [1.165, 1.54) is 6.07 Å². The number of anilines is 1. The quantitative estimate of drug-likeness (QED) is 0.822. The molecule has 1 heterocycles. The first-order chi connectivity index (χ1) is 10.1. The van der Waals surface area contributed by atoms with Gasteiger partial charge in [0.15, 0.2) is 0 Å². The summed E-state index contributed by atoms with van der Waals surface area (Å²) in [7, 11) is 0. The van der Waals surface area contributed by atoms with E-state index in [0.29, 0.717) is 29.8 Å². The number of nitrogens with zero attached hydrogens (tertiary/aromatic N) is 1. The van der Waals surface area contributed by atoms with Crippen molar-refractivity contribution in [3.05, 3.63) is 58.3 Å². The van der Waals surface area contributed by atoms with Gasteiger partial charge in [-0.2, -0.15) is 0 Å². The molecule has 2 aromatic carbocycles. The highest BCUT2D eigenvalue weighted by molar-refractivity contribution is 9.10. The van der Waals surface area contributed by atoms with E-state index >= 15 is 0 Å². The summed E-state index contributed by atoms with van der Waals surface area (Å²) < 4.78 is 19.3. The molecule has 0 N–H and O–H groups in total. The molecule has 0 aliphatic carbocycles. The number of hydrogen-bond donors (Lipinski definition) is 0. The summed E-state index contributed by atoms with van der Waals surface area (Å²) in [6.07, 6.45) is 0.330. The molecule has 1 amide bonds. The van der Waals surface area contributed by atoms with Crippen molar-refractivity contribution in [2.24, 2.45) is 0 Å². The third kappa shape index (κ3) is 2.93. The van der Waals surface area contributed by atoms with Gasteiger partial charge in [0.2, 0.25) is 5.91 Å². The second-order valence-corrected chi connectivity index (χ2v) is 5.65. The molecule has 2 aromatic rings. The van der Waals surface area contributed by atoms with Crippen LogP contribution < -0.4 is 9.64 Å². The van der Waals surface area contributed by atoms with Crippen LogP contribution in [0.4, 0.5) is 10.1 Å². The zero-order valence-electron chi connectivity index (χ0n) is 11.2. The van der Waals surface area contributed by atoms with E-state index in [1.54, 1.807) is 17.0 Å². The highest BCUT2D eigenvalue weighted by Gasteiger charge is 2.23. The van der Waals surface area contributed by atoms with Crippen LogP contribution in [-0.2, 0) is 11.3 Å². The van der Waals surface area contributed by atoms with Crippen molar-refractivity contribution in [2.75, 3.05) is 11.5 Å². The summed E-state index contributed by atoms with van der Waals surface area (Å²) >= 11 is 3.17. The molecule has 0 unspecified atom stereocenters. The Kier molecular flexibility index (Phi) is 3.92. The monoisotopic (exact) mass is 349 g/mol. The van der Waals surface area contributed by atoms with Crippen LogP contribution in [0.2, 0.25) is 0 Å². The summed E-state index contributed by atoms with van der Waals surface area (Å²) in [5, 5.41) is 0. The van der Waals surface area contributed by atoms with E-state index in [9.17, 15) is 9.18 Å². The summed E-state index contributed by atoms with van der Waals surface area (Å²) in [5.74, 6) is 0.384. The van der Waals surface area contributed by atoms with Crippen LogP contribution in [0.5, 0.6) is 5.75 Å². The van der Waals surface area contributed by atoms with Crippen LogP contribution in [-0.4, -0.2) is 12.5 Å². The molecule has 0 spiro atoms. The van der Waals surface area contributed by atoms with Crippen LogP contribution >= 0.6 is 15.9 Å². The molecule has 0 aromatic heterocycles. The van der Waals surface area contributed by atoms with Gasteiger partial charge < -0.3 is 9.64 Å². The summed E-state index contributed by atoms with van der Waals surface area (Å²) in [5.41, 5.74) is 1.61. The normalized spacial score (nSPS) is 14.4. The molecule has 0 bridgehead atoms. The maximum Gasteiger partial charge on any atom is 0.230 e. The minimum atomic E-state index is -0.315. The van der Waals surface area contributed by atoms with Crippen molar-refractivity contribution in [1.82, 2.24) is 0 Å². The van der Waals surface area contributed by atoms with Gasteiger partial charge in [0.1, 0.15) is 11.6 Å². The molecular weight excluding hydrogens is 337 g/mol. The number of fused-ring (bicyclic) bond motifs is 1. The van der Waals surface area contributed by atoms with Crippen LogP contribution in [0.3, 0.4) is 0 Å². The van der Waals surface area contributed by atoms with Gasteiger partial charge >= 0.3 is 0 Å². The third-order valence-corrected chi connectivity index (χ3v) is 3.96. The predicted octanol–water partition coefficient (Wildman–Crippen LogP) is 3.90. The molecule has 108 valence electrons. The number of hydrogen-bond acceptors (Lipinski definition) is 2. The lowest BCUT2D eigenvalue weighted by Gasteiger charge is -2.22. The number of rotatable bonds is 2. The van der Waals surface area contributed by atoms with Crippen LogP contribution in [0.1, 0.15) is 12.0 Å². The molecule has 0 saturated carbocycles. The van der Waals surface area contributed by atoms with Crippen molar-refractivity contribution in [1.29, 1.82) is 0 Å². The Morgan fingerprint density at radius 2 is 2.05 bits per heavy atom. The number of amides is 1. The minimum Gasteiger partial charge on any atom is -0.491 e. The van der Waals surface area contributed by atoms with E-state index < -0.39 is 0 Å². The Bertz CT molecular complexity index is 690. The largest absolute Gasteiger partial charge is 0.491 e. The molecule has 3 rings (SSSR count). The van der Waals surface area contributed by atoms with Crippen molar-refractivity contribution in [2.45, 2.75) is 13.0 Å². The minimum absolute atomic E-state index is 0.000368. The van der Waals surface area contributed by atoms with E-state index in [0.717, 1.165) is 11.3 Å². The first kappa shape index (κ1) is 14.1. The molecule has 1 aliphatic heterocycles. The summed E-state index contributed by atoms with van der Waals surface area (Å²) in [6, 6.07) is 12.2. The fourth-order valence-corrected chi connectivity index (χ4v) is 2.74. The average molecular weight is 350 g/mol. The molecule has 0 saturated heterocycles. The highest BCUT2D eigenvalue weighted by Crippen LogP contribution is 2.32. The lowest BCUT2D eigenvalue weighted by atomic mass is 10.1. The van der Waals surface area contributed by atoms with Crippen molar-refractivity contribution in [3.63, 3.8) is 0 Å². The summed E-state index contributed by atoms with van der Waals surface area (Å²) in [4.78, 5) is 14.0. The average Bonchev–Trinajstić information content (AvgIpc) is 2.63. The molecule has 0 atom stereocenters. The van der Waals surface area contributed by atoms with Crippen molar-refractivity contribution < 1.29 is 13.9 Å². The molecule has 0 fully saturated rings. The molecule has 1 aliphatic rings. The van der Waals surface area contributed by atoms with E-state index in [1.807, 2.05) is 24.3 Å². The van der Waals surface area contributed by atoms with E-state index in [4.69, 9.17) is 4.74 Å². The Hall–Kier alpha value is -1.88. The zero-order valence-corrected chi connectivity index (χ0v) is 12.8. The molecule has 3 nitrogen and oxygen atoms in total. The maximum atomic E-state index is 13.3. The maximum absolute atomic E-state index is 13.3. The van der Waals surface area contributed by atoms with E-state index in [2.05, 4.69) is 15.9 Å². The molecule has 0 radical (unpaired) electrons. The van der Waals surface area contributed by atoms with Crippen LogP contribution in [0.15, 0.2) is 46.9 Å². The fourth-order valence-electron chi connectivity index (χ4n) is 2.31. The number of ether oxygens (including phenoxy) is 1. The first-order valence-corrected chi connectivity index (χ1v) is 7.40. The second kappa shape index (κ2) is 5.85. The number of carbonyl (C=O) groups is 1. The van der Waals surface area contributed by atoms with Gasteiger partial charge in [0.25, 0.3) is 0 Å². The van der Waals surface area contributed by atoms with Crippen LogP contribution in [0.25, 0.3) is 0 Å². The first-order valence-electron chi connectivity index (χ1n) is 6.61. The topological polar surface area (TPSA) is 29.5 Å². The number of halogens is 2. The number of carbonyl (C=O) groups excluding carboxylic acids is 1. The van der Waals surface area contributed by atoms with Crippen molar-refractivity contribution in [3.8, 4) is 5.75 Å². The Labute approximate surface area is 130 Å². The lowest BCUT2D eigenvalue weighted by Crippen LogP contribution is -2.29. The molecular formula is C16H13BrFNO2. The fraction of sp³-hybridized carbons (Fsp3) is 0.188. The van der Waals surface area contributed by atoms with Gasteiger partial charge in [-0.1, -0.05) is 18.2 Å². The highest BCUT2D eigenvalue weighted by atomic mass is 79.9. The summed E-state index contributed by atoms with van der Waals surface area (Å²) in [6.45, 7) is 0.761. The smallest absolute Gasteiger partial charge is 0.230 e. The second-order valence-electron chi connectivity index (χ2n) is 4.79. The third-order valence-electron chi connectivity index (χ3n) is 3.36. The van der Waals surface area contributed by atoms with Crippen LogP contribution in [0, 0.1) is 5.82 Å². The van der Waals surface area contributed by atoms with E-state index in [-0.39, 0.29) is 11.7 Å². The van der Waals surface area contributed by atoms with Gasteiger partial charge in [0, 0.05) is 0 Å². The van der Waals surface area contributed by atoms with Gasteiger partial charge in [-0.3, -0.25) is 4.79 Å². The molecule has 21 heavy (non-hydrogen) atoms. The Balaban J connectivity index is 1.95. The standard InChI is InChI=1S/C16H13BrFNO2/c17-12-9-11(5-6-13(12)18)10-19-14-3-1-2-4-15(14)21-8-7-16(19)20/h1-6,9H,7-8,10H2. The lowest BCUT2D eigenvalue weighted by molar-refractivity contribution is -0.118. The van der Waals surface area contributed by atoms with Gasteiger partial charge in [-0.25, -0.2) is 4.39 Å². The Morgan fingerprint density at radius 3 is 2.86 bits per heavy atom. The predicted molar refractivity (Wildman–Crippen MR) is 81.8 cm³/mol. The van der Waals surface area contributed by atoms with Crippen molar-refractivity contribution >= 4 is 27.5 Å². The Morgan fingerprint density at radius 1 is 1.24 bits per heavy atom.